The van der Waals surface area contributed by atoms with Crippen LogP contribution in [0.5, 0.6) is 0 Å². The predicted octanol–water partition coefficient (Wildman–Crippen LogP) is 3.37. The van der Waals surface area contributed by atoms with Crippen molar-refractivity contribution >= 4 is 11.6 Å². The molecule has 1 N–H and O–H groups in total. The van der Waals surface area contributed by atoms with Gasteiger partial charge in [0.15, 0.2) is 0 Å². The Balaban J connectivity index is 2.46. The average molecular weight is 216 g/mol. The van der Waals surface area contributed by atoms with Crippen LogP contribution in [0.4, 0.5) is 4.39 Å². The van der Waals surface area contributed by atoms with Gasteiger partial charge >= 0.3 is 0 Å². The molecule has 0 saturated carbocycles. The summed E-state index contributed by atoms with van der Waals surface area (Å²) in [6, 6.07) is 4.89. The van der Waals surface area contributed by atoms with Crippen LogP contribution >= 0.6 is 11.6 Å². The zero-order valence-electron chi connectivity index (χ0n) is 8.32. The molecule has 1 aromatic carbocycles. The third-order valence-electron chi connectivity index (χ3n) is 2.05. The second-order valence-corrected chi connectivity index (χ2v) is 3.62. The molecule has 1 aromatic rings. The first-order valence-electron chi connectivity index (χ1n) is 4.89. The number of hydrogen-bond donors (Lipinski definition) is 1. The van der Waals surface area contributed by atoms with Gasteiger partial charge in [0, 0.05) is 6.54 Å². The van der Waals surface area contributed by atoms with Crippen LogP contribution in [0.2, 0.25) is 5.02 Å². The van der Waals surface area contributed by atoms with E-state index >= 15 is 0 Å². The first kappa shape index (κ1) is 11.5. The van der Waals surface area contributed by atoms with Gasteiger partial charge < -0.3 is 5.32 Å². The third kappa shape index (κ3) is 3.28. The molecule has 0 saturated heterocycles. The Hall–Kier alpha value is -0.600. The predicted molar refractivity (Wildman–Crippen MR) is 58.0 cm³/mol. The fourth-order valence-electron chi connectivity index (χ4n) is 1.21. The van der Waals surface area contributed by atoms with Crippen LogP contribution in [0.3, 0.4) is 0 Å². The van der Waals surface area contributed by atoms with Crippen molar-refractivity contribution in [3.05, 3.63) is 34.6 Å². The molecule has 1 nitrogen and oxygen atoms in total. The number of rotatable bonds is 5. The third-order valence-corrected chi connectivity index (χ3v) is 2.48. The minimum atomic E-state index is -0.346. The molecule has 3 heteroatoms. The highest BCUT2D eigenvalue weighted by molar-refractivity contribution is 6.31. The monoisotopic (exact) mass is 215 g/mol. The Morgan fingerprint density at radius 3 is 2.93 bits per heavy atom. The summed E-state index contributed by atoms with van der Waals surface area (Å²) in [7, 11) is 0. The molecule has 0 aliphatic heterocycles. The number of nitrogens with one attached hydrogen (secondary N) is 1. The highest BCUT2D eigenvalue weighted by Gasteiger charge is 2.03. The smallest absolute Gasteiger partial charge is 0.142 e. The summed E-state index contributed by atoms with van der Waals surface area (Å²) < 4.78 is 13.0. The maximum absolute atomic E-state index is 13.0. The van der Waals surface area contributed by atoms with Crippen LogP contribution in [0.15, 0.2) is 18.2 Å². The molecule has 0 bridgehead atoms. The molecule has 0 spiro atoms. The lowest BCUT2D eigenvalue weighted by Gasteiger charge is -2.06. The quantitative estimate of drug-likeness (QED) is 0.743. The standard InChI is InChI=1S/C11H15ClFN/c1-2-3-7-14-8-9-5-4-6-10(13)11(9)12/h4-6,14H,2-3,7-8H2,1H3. The molecule has 0 aliphatic rings. The van der Waals surface area contributed by atoms with Crippen LogP contribution in [0.1, 0.15) is 25.3 Å². The van der Waals surface area contributed by atoms with Gasteiger partial charge in [-0.25, -0.2) is 4.39 Å². The molecule has 78 valence electrons. The van der Waals surface area contributed by atoms with E-state index in [4.69, 9.17) is 11.6 Å². The molecule has 0 aliphatic carbocycles. The van der Waals surface area contributed by atoms with E-state index in [0.29, 0.717) is 6.54 Å². The largest absolute Gasteiger partial charge is 0.313 e. The highest BCUT2D eigenvalue weighted by atomic mass is 35.5. The number of benzene rings is 1. The van der Waals surface area contributed by atoms with Gasteiger partial charge in [-0.05, 0) is 24.6 Å². The molecule has 14 heavy (non-hydrogen) atoms. The molecular weight excluding hydrogens is 201 g/mol. The van der Waals surface area contributed by atoms with E-state index in [0.717, 1.165) is 24.9 Å². The lowest BCUT2D eigenvalue weighted by atomic mass is 10.2. The second-order valence-electron chi connectivity index (χ2n) is 3.24. The van der Waals surface area contributed by atoms with E-state index in [1.807, 2.05) is 6.07 Å². The lowest BCUT2D eigenvalue weighted by molar-refractivity contribution is 0.614. The second kappa shape index (κ2) is 5.99. The summed E-state index contributed by atoms with van der Waals surface area (Å²) in [5.41, 5.74) is 0.822. The maximum Gasteiger partial charge on any atom is 0.142 e. The first-order chi connectivity index (χ1) is 6.75. The van der Waals surface area contributed by atoms with Gasteiger partial charge in [-0.2, -0.15) is 0 Å². The van der Waals surface area contributed by atoms with Gasteiger partial charge in [-0.15, -0.1) is 0 Å². The van der Waals surface area contributed by atoms with Gasteiger partial charge in [0.25, 0.3) is 0 Å². The van der Waals surface area contributed by atoms with Gasteiger partial charge in [0.2, 0.25) is 0 Å². The van der Waals surface area contributed by atoms with Crippen LogP contribution in [0.25, 0.3) is 0 Å². The van der Waals surface area contributed by atoms with Gasteiger partial charge in [0.05, 0.1) is 5.02 Å². The van der Waals surface area contributed by atoms with Crippen molar-refractivity contribution in [1.82, 2.24) is 5.32 Å². The summed E-state index contributed by atoms with van der Waals surface area (Å²) in [6.07, 6.45) is 2.29. The van der Waals surface area contributed by atoms with E-state index in [-0.39, 0.29) is 10.8 Å². The van der Waals surface area contributed by atoms with E-state index in [1.54, 1.807) is 6.07 Å². The van der Waals surface area contributed by atoms with E-state index in [2.05, 4.69) is 12.2 Å². The summed E-state index contributed by atoms with van der Waals surface area (Å²) in [5.74, 6) is -0.346. The Bertz CT molecular complexity index is 289. The van der Waals surface area contributed by atoms with Crippen molar-refractivity contribution in [2.45, 2.75) is 26.3 Å². The van der Waals surface area contributed by atoms with E-state index < -0.39 is 0 Å². The summed E-state index contributed by atoms with van der Waals surface area (Å²) in [6.45, 7) is 3.72. The van der Waals surface area contributed by atoms with Crippen LogP contribution in [0, 0.1) is 5.82 Å². The molecule has 0 heterocycles. The molecule has 0 unspecified atom stereocenters. The fraction of sp³-hybridized carbons (Fsp3) is 0.455. The molecule has 0 fully saturated rings. The lowest BCUT2D eigenvalue weighted by Crippen LogP contribution is -2.14. The Labute approximate surface area is 89.3 Å². The molecular formula is C11H15ClFN. The molecule has 0 radical (unpaired) electrons. The van der Waals surface area contributed by atoms with Crippen molar-refractivity contribution in [1.29, 1.82) is 0 Å². The fourth-order valence-corrected chi connectivity index (χ4v) is 1.40. The van der Waals surface area contributed by atoms with Crippen molar-refractivity contribution in [2.24, 2.45) is 0 Å². The minimum absolute atomic E-state index is 0.233. The SMILES string of the molecule is CCCCNCc1cccc(F)c1Cl. The number of unbranched alkanes of at least 4 members (excludes halogenated alkanes) is 1. The van der Waals surface area contributed by atoms with Crippen molar-refractivity contribution in [2.75, 3.05) is 6.54 Å². The van der Waals surface area contributed by atoms with Crippen molar-refractivity contribution in [3.63, 3.8) is 0 Å². The minimum Gasteiger partial charge on any atom is -0.313 e. The van der Waals surface area contributed by atoms with Gasteiger partial charge in [0.1, 0.15) is 5.82 Å². The molecule has 0 aromatic heterocycles. The summed E-state index contributed by atoms with van der Waals surface area (Å²) in [4.78, 5) is 0. The van der Waals surface area contributed by atoms with Crippen LogP contribution in [-0.4, -0.2) is 6.54 Å². The average Bonchev–Trinajstić information content (AvgIpc) is 2.19. The number of halogens is 2. The number of hydrogen-bond acceptors (Lipinski definition) is 1. The Morgan fingerprint density at radius 1 is 1.43 bits per heavy atom. The summed E-state index contributed by atoms with van der Waals surface area (Å²) in [5, 5.41) is 3.45. The molecule has 0 atom stereocenters. The summed E-state index contributed by atoms with van der Waals surface area (Å²) >= 11 is 5.79. The zero-order chi connectivity index (χ0) is 10.4. The molecule has 0 amide bonds. The maximum atomic E-state index is 13.0. The van der Waals surface area contributed by atoms with Gasteiger partial charge in [-0.1, -0.05) is 37.1 Å². The first-order valence-corrected chi connectivity index (χ1v) is 5.27. The topological polar surface area (TPSA) is 12.0 Å². The van der Waals surface area contributed by atoms with Crippen LogP contribution in [-0.2, 0) is 6.54 Å². The zero-order valence-corrected chi connectivity index (χ0v) is 9.07. The van der Waals surface area contributed by atoms with Crippen molar-refractivity contribution < 1.29 is 4.39 Å². The van der Waals surface area contributed by atoms with Crippen LogP contribution < -0.4 is 5.32 Å². The normalized spacial score (nSPS) is 10.5. The van der Waals surface area contributed by atoms with E-state index in [1.165, 1.54) is 6.07 Å². The van der Waals surface area contributed by atoms with Crippen molar-refractivity contribution in [3.8, 4) is 0 Å². The Morgan fingerprint density at radius 2 is 2.21 bits per heavy atom. The van der Waals surface area contributed by atoms with E-state index in [9.17, 15) is 4.39 Å². The molecule has 1 rings (SSSR count). The highest BCUT2D eigenvalue weighted by Crippen LogP contribution is 2.19. The van der Waals surface area contributed by atoms with Gasteiger partial charge in [-0.3, -0.25) is 0 Å². The Kier molecular flexibility index (Phi) is 4.91.